The van der Waals surface area contributed by atoms with Crippen LogP contribution < -0.4 is 9.44 Å². The van der Waals surface area contributed by atoms with Crippen LogP contribution in [0.2, 0.25) is 5.02 Å². The van der Waals surface area contributed by atoms with E-state index in [4.69, 9.17) is 11.6 Å². The van der Waals surface area contributed by atoms with E-state index in [9.17, 15) is 8.42 Å². The molecule has 0 saturated heterocycles. The average Bonchev–Trinajstić information content (AvgIpc) is 2.31. The first kappa shape index (κ1) is 15.4. The highest BCUT2D eigenvalue weighted by Gasteiger charge is 2.19. The van der Waals surface area contributed by atoms with Crippen LogP contribution in [-0.2, 0) is 10.2 Å². The first-order valence-corrected chi connectivity index (χ1v) is 7.32. The minimum Gasteiger partial charge on any atom is -0.301 e. The van der Waals surface area contributed by atoms with E-state index >= 15 is 0 Å². The van der Waals surface area contributed by atoms with E-state index in [1.54, 1.807) is 6.07 Å². The fraction of sp³-hybridized carbons (Fsp3) is 0.455. The Morgan fingerprint density at radius 2 is 1.94 bits per heavy atom. The van der Waals surface area contributed by atoms with Gasteiger partial charge in [-0.1, -0.05) is 29.8 Å². The number of nitrogens with one attached hydrogen (secondary N) is 2. The van der Waals surface area contributed by atoms with Crippen molar-refractivity contribution in [2.45, 2.75) is 6.04 Å². The van der Waals surface area contributed by atoms with Crippen molar-refractivity contribution in [2.75, 3.05) is 27.7 Å². The van der Waals surface area contributed by atoms with Crippen molar-refractivity contribution >= 4 is 21.8 Å². The lowest BCUT2D eigenvalue weighted by atomic mass is 10.1. The van der Waals surface area contributed by atoms with Gasteiger partial charge in [0.2, 0.25) is 0 Å². The van der Waals surface area contributed by atoms with Crippen LogP contribution in [0.1, 0.15) is 11.6 Å². The second-order valence-corrected chi connectivity index (χ2v) is 6.17. The van der Waals surface area contributed by atoms with Gasteiger partial charge in [0.1, 0.15) is 0 Å². The molecule has 1 aromatic rings. The summed E-state index contributed by atoms with van der Waals surface area (Å²) < 4.78 is 27.4. The number of hydrogen-bond donors (Lipinski definition) is 2. The molecule has 7 heteroatoms. The Bertz CT molecular complexity index is 491. The summed E-state index contributed by atoms with van der Waals surface area (Å²) in [4.78, 5) is 1.92. The average molecular weight is 292 g/mol. The highest BCUT2D eigenvalue weighted by Crippen LogP contribution is 2.25. The monoisotopic (exact) mass is 291 g/mol. The fourth-order valence-corrected chi connectivity index (χ4v) is 2.36. The van der Waals surface area contributed by atoms with Crippen molar-refractivity contribution < 1.29 is 8.42 Å². The Morgan fingerprint density at radius 1 is 1.33 bits per heavy atom. The molecule has 1 unspecified atom stereocenters. The Hall–Kier alpha value is -0.660. The van der Waals surface area contributed by atoms with E-state index < -0.39 is 10.2 Å². The van der Waals surface area contributed by atoms with Gasteiger partial charge in [0.25, 0.3) is 10.2 Å². The minimum atomic E-state index is -3.44. The number of halogens is 1. The molecule has 102 valence electrons. The Kier molecular flexibility index (Phi) is 5.55. The summed E-state index contributed by atoms with van der Waals surface area (Å²) in [6, 6.07) is 7.28. The number of rotatable bonds is 6. The number of benzene rings is 1. The third kappa shape index (κ3) is 4.22. The van der Waals surface area contributed by atoms with Crippen LogP contribution in [-0.4, -0.2) is 41.0 Å². The van der Waals surface area contributed by atoms with Crippen molar-refractivity contribution in [2.24, 2.45) is 0 Å². The van der Waals surface area contributed by atoms with Crippen LogP contribution in [0.4, 0.5) is 0 Å². The molecule has 0 spiro atoms. The molecule has 0 fully saturated rings. The van der Waals surface area contributed by atoms with Gasteiger partial charge in [-0.15, -0.1) is 0 Å². The summed E-state index contributed by atoms with van der Waals surface area (Å²) in [5, 5.41) is 0.625. The zero-order valence-electron chi connectivity index (χ0n) is 10.6. The molecule has 0 amide bonds. The molecule has 0 radical (unpaired) electrons. The van der Waals surface area contributed by atoms with E-state index in [2.05, 4.69) is 9.44 Å². The zero-order valence-corrected chi connectivity index (χ0v) is 12.2. The van der Waals surface area contributed by atoms with Gasteiger partial charge < -0.3 is 4.90 Å². The second kappa shape index (κ2) is 6.49. The standard InChI is InChI=1S/C11H18ClN3O2S/c1-13-18(16,17)14-8-11(15(2)3)9-6-4-5-7-10(9)12/h4-7,11,13-14H,8H2,1-3H3. The summed E-state index contributed by atoms with van der Waals surface area (Å²) in [6.45, 7) is 0.250. The van der Waals surface area contributed by atoms with Crippen molar-refractivity contribution in [3.8, 4) is 0 Å². The Labute approximate surface area is 113 Å². The molecule has 0 aliphatic carbocycles. The minimum absolute atomic E-state index is 0.123. The predicted octanol–water partition coefficient (Wildman–Crippen LogP) is 0.996. The van der Waals surface area contributed by atoms with Crippen molar-refractivity contribution in [3.05, 3.63) is 34.9 Å². The van der Waals surface area contributed by atoms with Crippen LogP contribution in [0.25, 0.3) is 0 Å². The molecule has 2 N–H and O–H groups in total. The predicted molar refractivity (Wildman–Crippen MR) is 73.9 cm³/mol. The van der Waals surface area contributed by atoms with Gasteiger partial charge in [0, 0.05) is 24.7 Å². The summed E-state index contributed by atoms with van der Waals surface area (Å²) >= 11 is 6.13. The van der Waals surface area contributed by atoms with E-state index in [0.29, 0.717) is 5.02 Å². The SMILES string of the molecule is CNS(=O)(=O)NCC(c1ccccc1Cl)N(C)C. The summed E-state index contributed by atoms with van der Waals surface area (Å²) in [6.07, 6.45) is 0. The first-order chi connectivity index (χ1) is 8.37. The third-order valence-corrected chi connectivity index (χ3v) is 4.05. The molecular formula is C11H18ClN3O2S. The number of hydrogen-bond acceptors (Lipinski definition) is 3. The van der Waals surface area contributed by atoms with E-state index in [1.165, 1.54) is 7.05 Å². The fourth-order valence-electron chi connectivity index (χ4n) is 1.58. The molecule has 0 bridgehead atoms. The lowest BCUT2D eigenvalue weighted by Gasteiger charge is -2.25. The molecular weight excluding hydrogens is 274 g/mol. The maximum atomic E-state index is 11.4. The molecule has 0 aliphatic heterocycles. The van der Waals surface area contributed by atoms with Gasteiger partial charge >= 0.3 is 0 Å². The molecule has 0 aromatic heterocycles. The largest absolute Gasteiger partial charge is 0.301 e. The maximum absolute atomic E-state index is 11.4. The quantitative estimate of drug-likeness (QED) is 0.822. The lowest BCUT2D eigenvalue weighted by Crippen LogP contribution is -2.39. The highest BCUT2D eigenvalue weighted by molar-refractivity contribution is 7.87. The van der Waals surface area contributed by atoms with Crippen LogP contribution >= 0.6 is 11.6 Å². The van der Waals surface area contributed by atoms with Crippen LogP contribution in [0.15, 0.2) is 24.3 Å². The van der Waals surface area contributed by atoms with Crippen LogP contribution in [0, 0.1) is 0 Å². The van der Waals surface area contributed by atoms with Gasteiger partial charge in [0.15, 0.2) is 0 Å². The second-order valence-electron chi connectivity index (χ2n) is 4.06. The number of likely N-dealkylation sites (N-methyl/N-ethyl adjacent to an activating group) is 1. The van der Waals surface area contributed by atoms with Crippen LogP contribution in [0.3, 0.4) is 0 Å². The molecule has 18 heavy (non-hydrogen) atoms. The summed E-state index contributed by atoms with van der Waals surface area (Å²) in [7, 11) is 1.68. The van der Waals surface area contributed by atoms with Gasteiger partial charge in [0.05, 0.1) is 0 Å². The Balaban J connectivity index is 2.89. The molecule has 1 rings (SSSR count). The smallest absolute Gasteiger partial charge is 0.276 e. The van der Waals surface area contributed by atoms with E-state index in [0.717, 1.165) is 5.56 Å². The highest BCUT2D eigenvalue weighted by atomic mass is 35.5. The van der Waals surface area contributed by atoms with Gasteiger partial charge in [-0.3, -0.25) is 0 Å². The third-order valence-electron chi connectivity index (χ3n) is 2.62. The summed E-state index contributed by atoms with van der Waals surface area (Å²) in [5.41, 5.74) is 0.892. The molecule has 0 aliphatic rings. The summed E-state index contributed by atoms with van der Waals surface area (Å²) in [5.74, 6) is 0. The van der Waals surface area contributed by atoms with Gasteiger partial charge in [-0.05, 0) is 25.7 Å². The molecule has 5 nitrogen and oxygen atoms in total. The molecule has 1 aromatic carbocycles. The first-order valence-electron chi connectivity index (χ1n) is 5.46. The van der Waals surface area contributed by atoms with E-state index in [1.807, 2.05) is 37.2 Å². The maximum Gasteiger partial charge on any atom is 0.276 e. The number of nitrogens with zero attached hydrogens (tertiary/aromatic N) is 1. The molecule has 0 heterocycles. The van der Waals surface area contributed by atoms with Crippen molar-refractivity contribution in [1.82, 2.24) is 14.3 Å². The Morgan fingerprint density at radius 3 is 2.44 bits per heavy atom. The van der Waals surface area contributed by atoms with Gasteiger partial charge in [-0.2, -0.15) is 8.42 Å². The zero-order chi connectivity index (χ0) is 13.8. The van der Waals surface area contributed by atoms with Crippen molar-refractivity contribution in [3.63, 3.8) is 0 Å². The van der Waals surface area contributed by atoms with Crippen molar-refractivity contribution in [1.29, 1.82) is 0 Å². The van der Waals surface area contributed by atoms with E-state index in [-0.39, 0.29) is 12.6 Å². The van der Waals surface area contributed by atoms with Gasteiger partial charge in [-0.25, -0.2) is 9.44 Å². The lowest BCUT2D eigenvalue weighted by molar-refractivity contribution is 0.299. The topological polar surface area (TPSA) is 61.4 Å². The normalized spacial score (nSPS) is 13.8. The molecule has 1 atom stereocenters. The van der Waals surface area contributed by atoms with Crippen LogP contribution in [0.5, 0.6) is 0 Å². The molecule has 0 saturated carbocycles.